The Labute approximate surface area is 201 Å². The van der Waals surface area contributed by atoms with E-state index in [1.165, 1.54) is 12.0 Å². The first-order chi connectivity index (χ1) is 15.8. The lowest BCUT2D eigenvalue weighted by Gasteiger charge is -2.30. The normalized spacial score (nSPS) is 27.8. The number of benzene rings is 2. The zero-order valence-electron chi connectivity index (χ0n) is 18.5. The number of halogens is 1. The second-order valence-corrected chi connectivity index (χ2v) is 10.0. The maximum absolute atomic E-state index is 14.0. The van der Waals surface area contributed by atoms with E-state index in [2.05, 4.69) is 10.6 Å². The SMILES string of the molecule is COc1cc(Cl)c(C)cc1N1C(=O)[C@@H]2[C@H](CCSC)N[C@]3(C(=O)Nc4ccccc43)[C@@H]2C1=O. The van der Waals surface area contributed by atoms with E-state index < -0.39 is 23.3 Å². The highest BCUT2D eigenvalue weighted by molar-refractivity contribution is 7.98. The van der Waals surface area contributed by atoms with Crippen molar-refractivity contribution in [3.63, 3.8) is 0 Å². The molecule has 9 heteroatoms. The number of aryl methyl sites for hydroxylation is 1. The Morgan fingerprint density at radius 2 is 1.94 bits per heavy atom. The van der Waals surface area contributed by atoms with Crippen molar-refractivity contribution in [1.82, 2.24) is 5.32 Å². The predicted molar refractivity (Wildman–Crippen MR) is 129 cm³/mol. The van der Waals surface area contributed by atoms with Gasteiger partial charge in [0, 0.05) is 28.4 Å². The van der Waals surface area contributed by atoms with Gasteiger partial charge in [0.2, 0.25) is 17.7 Å². The van der Waals surface area contributed by atoms with Crippen LogP contribution in [0.2, 0.25) is 5.02 Å². The highest BCUT2D eigenvalue weighted by Gasteiger charge is 2.70. The summed E-state index contributed by atoms with van der Waals surface area (Å²) in [6, 6.07) is 10.3. The number of hydrogen-bond acceptors (Lipinski definition) is 6. The van der Waals surface area contributed by atoms with Gasteiger partial charge in [-0.25, -0.2) is 4.90 Å². The molecular weight excluding hydrogens is 462 g/mol. The van der Waals surface area contributed by atoms with Gasteiger partial charge in [0.25, 0.3) is 0 Å². The number of amides is 3. The maximum atomic E-state index is 14.0. The van der Waals surface area contributed by atoms with Gasteiger partial charge < -0.3 is 10.1 Å². The van der Waals surface area contributed by atoms with Gasteiger partial charge in [-0.15, -0.1) is 0 Å². The van der Waals surface area contributed by atoms with Gasteiger partial charge >= 0.3 is 0 Å². The summed E-state index contributed by atoms with van der Waals surface area (Å²) in [7, 11) is 1.47. The Kier molecular flexibility index (Phi) is 5.42. The van der Waals surface area contributed by atoms with Crippen LogP contribution in [0.4, 0.5) is 11.4 Å². The van der Waals surface area contributed by atoms with E-state index in [4.69, 9.17) is 16.3 Å². The third-order valence-electron chi connectivity index (χ3n) is 6.96. The molecule has 4 atom stereocenters. The molecule has 2 N–H and O–H groups in total. The third kappa shape index (κ3) is 3.04. The van der Waals surface area contributed by atoms with Crippen molar-refractivity contribution in [3.8, 4) is 5.75 Å². The summed E-state index contributed by atoms with van der Waals surface area (Å²) in [5.74, 6) is -1.42. The molecule has 2 saturated heterocycles. The average molecular weight is 486 g/mol. The number of nitrogens with zero attached hydrogens (tertiary/aromatic N) is 1. The maximum Gasteiger partial charge on any atom is 0.250 e. The van der Waals surface area contributed by atoms with Gasteiger partial charge in [-0.2, -0.15) is 11.8 Å². The summed E-state index contributed by atoms with van der Waals surface area (Å²) < 4.78 is 5.47. The Morgan fingerprint density at radius 3 is 2.67 bits per heavy atom. The molecule has 2 aromatic carbocycles. The van der Waals surface area contributed by atoms with E-state index >= 15 is 0 Å². The van der Waals surface area contributed by atoms with Crippen LogP contribution in [0.3, 0.4) is 0 Å². The van der Waals surface area contributed by atoms with E-state index in [0.717, 1.165) is 11.3 Å². The van der Waals surface area contributed by atoms with Crippen LogP contribution in [-0.2, 0) is 19.9 Å². The standard InChI is InChI=1S/C24H24ClN3O4S/c1-12-10-17(18(32-2)11-14(12)25)28-21(29)19-16(8-9-33-3)27-24(20(19)22(28)30)13-6-4-5-7-15(13)26-23(24)31/h4-7,10-11,16,19-20,27H,8-9H2,1-3H3,(H,26,31)/t16-,19+,20-,24-/m0/s1. The van der Waals surface area contributed by atoms with Crippen molar-refractivity contribution in [2.24, 2.45) is 11.8 Å². The number of hydrogen-bond donors (Lipinski definition) is 2. The van der Waals surface area contributed by atoms with Crippen LogP contribution in [0, 0.1) is 18.8 Å². The first-order valence-corrected chi connectivity index (χ1v) is 12.5. The van der Waals surface area contributed by atoms with Crippen molar-refractivity contribution in [2.75, 3.05) is 29.3 Å². The van der Waals surface area contributed by atoms with Crippen LogP contribution < -0.4 is 20.3 Å². The van der Waals surface area contributed by atoms with Crippen molar-refractivity contribution in [2.45, 2.75) is 24.9 Å². The Balaban J connectivity index is 1.67. The third-order valence-corrected chi connectivity index (χ3v) is 8.01. The first kappa shape index (κ1) is 22.3. The predicted octanol–water partition coefficient (Wildman–Crippen LogP) is 3.34. The minimum atomic E-state index is -1.29. The molecule has 5 rings (SSSR count). The molecule has 7 nitrogen and oxygen atoms in total. The molecule has 33 heavy (non-hydrogen) atoms. The summed E-state index contributed by atoms with van der Waals surface area (Å²) in [6.45, 7) is 1.81. The molecule has 0 unspecified atom stereocenters. The van der Waals surface area contributed by atoms with Crippen molar-refractivity contribution >= 4 is 52.5 Å². The second-order valence-electron chi connectivity index (χ2n) is 8.63. The number of carbonyl (C=O) groups is 3. The van der Waals surface area contributed by atoms with Crippen LogP contribution in [0.15, 0.2) is 36.4 Å². The Morgan fingerprint density at radius 1 is 1.18 bits per heavy atom. The first-order valence-electron chi connectivity index (χ1n) is 10.7. The van der Waals surface area contributed by atoms with E-state index in [1.54, 1.807) is 23.9 Å². The molecular formula is C24H24ClN3O4S. The van der Waals surface area contributed by atoms with E-state index in [0.29, 0.717) is 34.1 Å². The summed E-state index contributed by atoms with van der Waals surface area (Å²) in [4.78, 5) is 42.4. The minimum absolute atomic E-state index is 0.299. The van der Waals surface area contributed by atoms with Gasteiger partial charge in [0.15, 0.2) is 0 Å². The number of ether oxygens (including phenoxy) is 1. The number of nitrogens with one attached hydrogen (secondary N) is 2. The molecule has 0 aromatic heterocycles. The zero-order valence-corrected chi connectivity index (χ0v) is 20.0. The van der Waals surface area contributed by atoms with Crippen LogP contribution in [-0.4, -0.2) is 42.9 Å². The van der Waals surface area contributed by atoms with Crippen molar-refractivity contribution in [1.29, 1.82) is 0 Å². The minimum Gasteiger partial charge on any atom is -0.495 e. The topological polar surface area (TPSA) is 87.7 Å². The summed E-state index contributed by atoms with van der Waals surface area (Å²) in [5, 5.41) is 6.84. The lowest BCUT2D eigenvalue weighted by molar-refractivity contribution is -0.130. The molecule has 3 amide bonds. The van der Waals surface area contributed by atoms with E-state index in [-0.39, 0.29) is 17.9 Å². The fourth-order valence-electron chi connectivity index (χ4n) is 5.48. The zero-order chi connectivity index (χ0) is 23.5. The Bertz CT molecular complexity index is 1190. The lowest BCUT2D eigenvalue weighted by Crippen LogP contribution is -2.53. The number of methoxy groups -OCH3 is 1. The highest BCUT2D eigenvalue weighted by Crippen LogP contribution is 2.54. The quantitative estimate of drug-likeness (QED) is 0.632. The molecule has 2 aromatic rings. The number of thioether (sulfide) groups is 1. The smallest absolute Gasteiger partial charge is 0.250 e. The molecule has 1 spiro atoms. The molecule has 0 saturated carbocycles. The Hall–Kier alpha value is -2.55. The summed E-state index contributed by atoms with van der Waals surface area (Å²) in [5.41, 5.74) is 1.16. The number of rotatable bonds is 5. The van der Waals surface area contributed by atoms with Gasteiger partial charge in [-0.1, -0.05) is 29.8 Å². The summed E-state index contributed by atoms with van der Waals surface area (Å²) >= 11 is 7.92. The molecule has 3 aliphatic heterocycles. The highest BCUT2D eigenvalue weighted by atomic mass is 35.5. The van der Waals surface area contributed by atoms with Crippen LogP contribution in [0.25, 0.3) is 0 Å². The fourth-order valence-corrected chi connectivity index (χ4v) is 6.12. The van der Waals surface area contributed by atoms with Crippen molar-refractivity contribution < 1.29 is 19.1 Å². The molecule has 3 heterocycles. The molecule has 172 valence electrons. The van der Waals surface area contributed by atoms with Crippen LogP contribution in [0.5, 0.6) is 5.75 Å². The monoisotopic (exact) mass is 485 g/mol. The van der Waals surface area contributed by atoms with Gasteiger partial charge in [-0.3, -0.25) is 19.7 Å². The van der Waals surface area contributed by atoms with Gasteiger partial charge in [0.05, 0.1) is 24.6 Å². The van der Waals surface area contributed by atoms with Gasteiger partial charge in [0.1, 0.15) is 11.3 Å². The number of anilines is 2. The largest absolute Gasteiger partial charge is 0.495 e. The number of fused-ring (bicyclic) bond motifs is 4. The second kappa shape index (κ2) is 8.04. The molecule has 0 radical (unpaired) electrons. The molecule has 3 aliphatic rings. The molecule has 0 bridgehead atoms. The number of para-hydroxylation sites is 1. The van der Waals surface area contributed by atoms with Crippen molar-refractivity contribution in [3.05, 3.63) is 52.5 Å². The van der Waals surface area contributed by atoms with E-state index in [9.17, 15) is 14.4 Å². The number of imide groups is 1. The fraction of sp³-hybridized carbons (Fsp3) is 0.375. The summed E-state index contributed by atoms with van der Waals surface area (Å²) in [6.07, 6.45) is 2.65. The lowest BCUT2D eigenvalue weighted by atomic mass is 9.76. The molecule has 0 aliphatic carbocycles. The van der Waals surface area contributed by atoms with E-state index in [1.807, 2.05) is 37.4 Å². The van der Waals surface area contributed by atoms with Gasteiger partial charge in [-0.05, 0) is 43.0 Å². The molecule has 2 fully saturated rings. The average Bonchev–Trinajstić information content (AvgIpc) is 3.38. The van der Waals surface area contributed by atoms with Crippen LogP contribution in [0.1, 0.15) is 17.5 Å². The number of carbonyl (C=O) groups excluding carboxylic acids is 3. The van der Waals surface area contributed by atoms with Crippen LogP contribution >= 0.6 is 23.4 Å².